The molecule has 0 spiro atoms. The Morgan fingerprint density at radius 3 is 2.27 bits per heavy atom. The van der Waals surface area contributed by atoms with E-state index in [2.05, 4.69) is 10.3 Å². The molecule has 0 aromatic heterocycles. The highest BCUT2D eigenvalue weighted by atomic mass is 127. The minimum atomic E-state index is -0.0769. The zero-order valence-electron chi connectivity index (χ0n) is 18.5. The zero-order valence-corrected chi connectivity index (χ0v) is 20.8. The average molecular weight is 529 g/mol. The van der Waals surface area contributed by atoms with Crippen molar-refractivity contribution in [2.75, 3.05) is 42.0 Å². The number of halogens is 1. The molecule has 1 atom stereocenters. The van der Waals surface area contributed by atoms with Gasteiger partial charge in [-0.05, 0) is 31.2 Å². The molecule has 0 aliphatic rings. The van der Waals surface area contributed by atoms with Gasteiger partial charge >= 0.3 is 0 Å². The number of para-hydroxylation sites is 2. The Kier molecular flexibility index (Phi) is 11.2. The first kappa shape index (κ1) is 25.7. The minimum absolute atomic E-state index is 0. The molecule has 8 heteroatoms. The Balaban J connectivity index is 0.00000450. The van der Waals surface area contributed by atoms with Gasteiger partial charge in [0, 0.05) is 32.3 Å². The number of aliphatic imine (C=N–C) groups is 1. The quantitative estimate of drug-likeness (QED) is 0.303. The van der Waals surface area contributed by atoms with Gasteiger partial charge in [-0.15, -0.1) is 24.0 Å². The summed E-state index contributed by atoms with van der Waals surface area (Å²) in [5.41, 5.74) is 1.04. The lowest BCUT2D eigenvalue weighted by atomic mass is 10.2. The van der Waals surface area contributed by atoms with E-state index in [1.54, 1.807) is 28.4 Å². The zero-order chi connectivity index (χ0) is 21.2. The van der Waals surface area contributed by atoms with E-state index in [1.807, 2.05) is 61.3 Å². The number of nitrogens with one attached hydrogen (secondary N) is 1. The number of guanidine groups is 1. The number of nitrogens with zero attached hydrogens (tertiary/aromatic N) is 2. The Bertz CT molecular complexity index is 817. The molecule has 0 saturated heterocycles. The van der Waals surface area contributed by atoms with E-state index < -0.39 is 0 Å². The number of rotatable bonds is 9. The van der Waals surface area contributed by atoms with Crippen LogP contribution in [0.4, 0.5) is 0 Å². The third-order valence-electron chi connectivity index (χ3n) is 4.42. The maximum Gasteiger partial charge on any atom is 0.193 e. The van der Waals surface area contributed by atoms with E-state index in [9.17, 15) is 0 Å². The third kappa shape index (κ3) is 7.16. The van der Waals surface area contributed by atoms with Gasteiger partial charge in [0.1, 0.15) is 17.6 Å². The highest BCUT2D eigenvalue weighted by Gasteiger charge is 2.13. The molecule has 2 rings (SSSR count). The molecule has 0 bridgehead atoms. The second-order valence-electron chi connectivity index (χ2n) is 6.54. The van der Waals surface area contributed by atoms with Gasteiger partial charge in [-0.25, -0.2) is 0 Å². The predicted molar refractivity (Wildman–Crippen MR) is 131 cm³/mol. The standard InChI is InChI=1S/C22H31N3O4.HI/c1-16(29-20-10-8-7-9-19(20)27-5)14-24-22(23-2)25(3)15-17-11-12-18(26-4)13-21(17)28-6;/h7-13,16H,14-15H2,1-6H3,(H,23,24);1H. The molecule has 1 unspecified atom stereocenters. The molecule has 0 heterocycles. The van der Waals surface area contributed by atoms with Gasteiger partial charge in [0.05, 0.1) is 27.9 Å². The van der Waals surface area contributed by atoms with Crippen molar-refractivity contribution < 1.29 is 18.9 Å². The molecular weight excluding hydrogens is 497 g/mol. The van der Waals surface area contributed by atoms with Gasteiger partial charge in [0.25, 0.3) is 0 Å². The second kappa shape index (κ2) is 13.0. The van der Waals surface area contributed by atoms with Crippen molar-refractivity contribution in [3.05, 3.63) is 48.0 Å². The summed E-state index contributed by atoms with van der Waals surface area (Å²) in [6.45, 7) is 3.22. The summed E-state index contributed by atoms with van der Waals surface area (Å²) in [6.07, 6.45) is -0.0769. The number of hydrogen-bond acceptors (Lipinski definition) is 5. The van der Waals surface area contributed by atoms with Crippen LogP contribution in [0.15, 0.2) is 47.5 Å². The summed E-state index contributed by atoms with van der Waals surface area (Å²) in [4.78, 5) is 6.40. The van der Waals surface area contributed by atoms with Gasteiger partial charge in [-0.1, -0.05) is 12.1 Å². The van der Waals surface area contributed by atoms with E-state index in [0.29, 0.717) is 18.8 Å². The van der Waals surface area contributed by atoms with Crippen molar-refractivity contribution in [2.45, 2.75) is 19.6 Å². The van der Waals surface area contributed by atoms with Crippen LogP contribution in [-0.2, 0) is 6.54 Å². The van der Waals surface area contributed by atoms with E-state index >= 15 is 0 Å². The molecule has 0 fully saturated rings. The first-order chi connectivity index (χ1) is 14.0. The van der Waals surface area contributed by atoms with Gasteiger partial charge in [0.2, 0.25) is 0 Å². The van der Waals surface area contributed by atoms with Crippen molar-refractivity contribution in [1.29, 1.82) is 0 Å². The molecule has 2 aromatic rings. The Hall–Kier alpha value is -2.36. The van der Waals surface area contributed by atoms with Crippen LogP contribution in [0.25, 0.3) is 0 Å². The molecule has 0 radical (unpaired) electrons. The van der Waals surface area contributed by atoms with E-state index in [-0.39, 0.29) is 30.1 Å². The largest absolute Gasteiger partial charge is 0.497 e. The lowest BCUT2D eigenvalue weighted by molar-refractivity contribution is 0.212. The van der Waals surface area contributed by atoms with Crippen molar-refractivity contribution in [3.63, 3.8) is 0 Å². The molecule has 2 aromatic carbocycles. The van der Waals surface area contributed by atoms with Gasteiger partial charge in [0.15, 0.2) is 17.5 Å². The minimum Gasteiger partial charge on any atom is -0.497 e. The van der Waals surface area contributed by atoms with Crippen LogP contribution < -0.4 is 24.3 Å². The Labute approximate surface area is 196 Å². The molecule has 0 saturated carbocycles. The fourth-order valence-electron chi connectivity index (χ4n) is 2.91. The van der Waals surface area contributed by atoms with Crippen LogP contribution in [0, 0.1) is 0 Å². The number of methoxy groups -OCH3 is 3. The molecule has 166 valence electrons. The summed E-state index contributed by atoms with van der Waals surface area (Å²) in [5, 5.41) is 3.35. The first-order valence-corrected chi connectivity index (χ1v) is 9.44. The highest BCUT2D eigenvalue weighted by molar-refractivity contribution is 14.0. The monoisotopic (exact) mass is 529 g/mol. The fourth-order valence-corrected chi connectivity index (χ4v) is 2.91. The first-order valence-electron chi connectivity index (χ1n) is 9.44. The maximum absolute atomic E-state index is 6.00. The van der Waals surface area contributed by atoms with Crippen LogP contribution in [0.3, 0.4) is 0 Å². The van der Waals surface area contributed by atoms with Crippen LogP contribution in [0.5, 0.6) is 23.0 Å². The maximum atomic E-state index is 6.00. The number of ether oxygens (including phenoxy) is 4. The SMILES string of the molecule is CN=C(NCC(C)Oc1ccccc1OC)N(C)Cc1ccc(OC)cc1OC.I. The number of hydrogen-bond donors (Lipinski definition) is 1. The summed E-state index contributed by atoms with van der Waals surface area (Å²) < 4.78 is 22.1. The summed E-state index contributed by atoms with van der Waals surface area (Å²) in [7, 11) is 8.67. The average Bonchev–Trinajstić information content (AvgIpc) is 2.74. The lowest BCUT2D eigenvalue weighted by Gasteiger charge is -2.25. The van der Waals surface area contributed by atoms with Gasteiger partial charge < -0.3 is 29.2 Å². The van der Waals surface area contributed by atoms with E-state index in [0.717, 1.165) is 28.8 Å². The smallest absolute Gasteiger partial charge is 0.193 e. The summed E-state index contributed by atoms with van der Waals surface area (Å²) >= 11 is 0. The molecule has 30 heavy (non-hydrogen) atoms. The van der Waals surface area contributed by atoms with Crippen LogP contribution >= 0.6 is 24.0 Å². The second-order valence-corrected chi connectivity index (χ2v) is 6.54. The van der Waals surface area contributed by atoms with Crippen LogP contribution in [0.1, 0.15) is 12.5 Å². The summed E-state index contributed by atoms with van der Waals surface area (Å²) in [6, 6.07) is 13.4. The van der Waals surface area contributed by atoms with Crippen molar-refractivity contribution in [2.24, 2.45) is 4.99 Å². The summed E-state index contributed by atoms with van der Waals surface area (Å²) in [5.74, 6) is 3.74. The molecular formula is C22H32IN3O4. The lowest BCUT2D eigenvalue weighted by Crippen LogP contribution is -2.42. The van der Waals surface area contributed by atoms with Crippen molar-refractivity contribution in [1.82, 2.24) is 10.2 Å². The van der Waals surface area contributed by atoms with E-state index in [4.69, 9.17) is 18.9 Å². The Morgan fingerprint density at radius 2 is 1.67 bits per heavy atom. The van der Waals surface area contributed by atoms with Crippen LogP contribution in [0.2, 0.25) is 0 Å². The molecule has 0 amide bonds. The van der Waals surface area contributed by atoms with Gasteiger partial charge in [-0.3, -0.25) is 4.99 Å². The molecule has 0 aliphatic heterocycles. The van der Waals surface area contributed by atoms with Crippen LogP contribution in [-0.4, -0.2) is 58.9 Å². The topological polar surface area (TPSA) is 64.6 Å². The highest BCUT2D eigenvalue weighted by Crippen LogP contribution is 2.27. The van der Waals surface area contributed by atoms with Gasteiger partial charge in [-0.2, -0.15) is 0 Å². The fraction of sp³-hybridized carbons (Fsp3) is 0.409. The van der Waals surface area contributed by atoms with Crippen molar-refractivity contribution >= 4 is 29.9 Å². The van der Waals surface area contributed by atoms with Crippen molar-refractivity contribution in [3.8, 4) is 23.0 Å². The predicted octanol–water partition coefficient (Wildman–Crippen LogP) is 3.81. The molecule has 1 N–H and O–H groups in total. The molecule has 0 aliphatic carbocycles. The number of benzene rings is 2. The molecule has 7 nitrogen and oxygen atoms in total. The van der Waals surface area contributed by atoms with E-state index in [1.165, 1.54) is 0 Å². The normalized spacial score (nSPS) is 11.7. The third-order valence-corrected chi connectivity index (χ3v) is 4.42. The Morgan fingerprint density at radius 1 is 1.00 bits per heavy atom.